The third kappa shape index (κ3) is 4.23. The van der Waals surface area contributed by atoms with Gasteiger partial charge >= 0.3 is 0 Å². The number of aliphatic carboxylic acids is 1. The number of hydrogen-bond donors (Lipinski definition) is 1. The molecule has 12 heavy (non-hydrogen) atoms. The lowest BCUT2D eigenvalue weighted by Gasteiger charge is -2.17. The average Bonchev–Trinajstić information content (AvgIpc) is 2.00. The molecule has 0 saturated carbocycles. The van der Waals surface area contributed by atoms with Gasteiger partial charge < -0.3 is 15.6 Å². The molecule has 0 heterocycles. The summed E-state index contributed by atoms with van der Waals surface area (Å²) in [4.78, 5) is 10.0. The van der Waals surface area contributed by atoms with Crippen molar-refractivity contribution in [2.45, 2.75) is 38.2 Å². The molecule has 0 aromatic heterocycles. The highest BCUT2D eigenvalue weighted by atomic mass is 19.3. The van der Waals surface area contributed by atoms with Gasteiger partial charge in [-0.15, -0.1) is 0 Å². The second kappa shape index (κ2) is 4.35. The lowest BCUT2D eigenvalue weighted by Crippen LogP contribution is -2.42. The highest BCUT2D eigenvalue weighted by Gasteiger charge is 2.26. The van der Waals surface area contributed by atoms with Gasteiger partial charge in [-0.2, -0.15) is 0 Å². The topological polar surface area (TPSA) is 66.2 Å². The van der Waals surface area contributed by atoms with Gasteiger partial charge in [-0.3, -0.25) is 0 Å². The quantitative estimate of drug-likeness (QED) is 0.641. The zero-order valence-corrected chi connectivity index (χ0v) is 6.85. The van der Waals surface area contributed by atoms with Crippen LogP contribution in [0.5, 0.6) is 0 Å². The van der Waals surface area contributed by atoms with E-state index < -0.39 is 24.4 Å². The van der Waals surface area contributed by atoms with E-state index in [0.29, 0.717) is 0 Å². The maximum absolute atomic E-state index is 12.5. The Hall–Kier alpha value is -0.710. The van der Waals surface area contributed by atoms with Crippen molar-refractivity contribution in [3.05, 3.63) is 0 Å². The van der Waals surface area contributed by atoms with E-state index in [0.717, 1.165) is 0 Å². The number of rotatable bonds is 5. The molecule has 0 aromatic carbocycles. The molecule has 0 fully saturated rings. The summed E-state index contributed by atoms with van der Waals surface area (Å²) in [7, 11) is 0. The minimum atomic E-state index is -2.81. The highest BCUT2D eigenvalue weighted by molar-refractivity contribution is 5.70. The van der Waals surface area contributed by atoms with E-state index in [4.69, 9.17) is 5.73 Å². The summed E-state index contributed by atoms with van der Waals surface area (Å²) >= 11 is 0. The minimum absolute atomic E-state index is 0.247. The van der Waals surface area contributed by atoms with Gasteiger partial charge in [-0.25, -0.2) is 8.78 Å². The summed E-state index contributed by atoms with van der Waals surface area (Å²) in [6.45, 7) is 1.34. The molecule has 0 aliphatic carbocycles. The summed E-state index contributed by atoms with van der Waals surface area (Å²) in [5, 5.41) is 10.0. The van der Waals surface area contributed by atoms with Crippen LogP contribution in [0.1, 0.15) is 26.2 Å². The van der Waals surface area contributed by atoms with E-state index in [1.54, 1.807) is 0 Å². The zero-order valence-electron chi connectivity index (χ0n) is 6.85. The Morgan fingerprint density at radius 1 is 1.67 bits per heavy atom. The number of carboxylic acids is 1. The van der Waals surface area contributed by atoms with Crippen LogP contribution in [0.15, 0.2) is 0 Å². The van der Waals surface area contributed by atoms with E-state index in [1.165, 1.54) is 6.92 Å². The first kappa shape index (κ1) is 11.3. The van der Waals surface area contributed by atoms with Gasteiger partial charge in [0.1, 0.15) is 0 Å². The van der Waals surface area contributed by atoms with Crippen LogP contribution in [0.25, 0.3) is 0 Å². The zero-order chi connectivity index (χ0) is 9.78. The molecular formula is C7H12F2NO2-. The Balaban J connectivity index is 3.75. The molecule has 0 bridgehead atoms. The van der Waals surface area contributed by atoms with Gasteiger partial charge in [-0.05, 0) is 6.42 Å². The Morgan fingerprint density at radius 3 is 2.50 bits per heavy atom. The molecule has 0 aliphatic heterocycles. The third-order valence-electron chi connectivity index (χ3n) is 1.64. The number of carbonyl (C=O) groups is 1. The monoisotopic (exact) mass is 180 g/mol. The standard InChI is InChI=1S/C7H13F2NO2/c1-2-7(8,9)4-3-5(10)6(11)12/h5H,2-4,10H2,1H3,(H,11,12)/p-1/t5-/m0/s1. The molecule has 0 spiro atoms. The molecule has 3 nitrogen and oxygen atoms in total. The van der Waals surface area contributed by atoms with Crippen molar-refractivity contribution in [1.29, 1.82) is 0 Å². The van der Waals surface area contributed by atoms with Crippen LogP contribution < -0.4 is 10.8 Å². The van der Waals surface area contributed by atoms with Crippen molar-refractivity contribution >= 4 is 5.97 Å². The van der Waals surface area contributed by atoms with Crippen LogP contribution in [0.2, 0.25) is 0 Å². The molecule has 0 rings (SSSR count). The van der Waals surface area contributed by atoms with E-state index in [-0.39, 0.29) is 12.8 Å². The number of nitrogens with two attached hydrogens (primary N) is 1. The fourth-order valence-electron chi connectivity index (χ4n) is 0.661. The smallest absolute Gasteiger partial charge is 0.248 e. The Kier molecular flexibility index (Phi) is 4.09. The normalized spacial score (nSPS) is 14.3. The van der Waals surface area contributed by atoms with Crippen LogP contribution in [0.4, 0.5) is 8.78 Å². The first-order valence-electron chi connectivity index (χ1n) is 3.73. The molecule has 0 radical (unpaired) electrons. The van der Waals surface area contributed by atoms with Crippen molar-refractivity contribution < 1.29 is 18.7 Å². The summed E-state index contributed by atoms with van der Waals surface area (Å²) in [6, 6.07) is -1.29. The molecule has 0 unspecified atom stereocenters. The van der Waals surface area contributed by atoms with Crippen molar-refractivity contribution in [3.63, 3.8) is 0 Å². The van der Waals surface area contributed by atoms with Gasteiger partial charge in [-0.1, -0.05) is 6.92 Å². The summed E-state index contributed by atoms with van der Waals surface area (Å²) in [5.41, 5.74) is 4.98. The maximum Gasteiger partial charge on any atom is 0.248 e. The second-order valence-corrected chi connectivity index (χ2v) is 2.67. The highest BCUT2D eigenvalue weighted by Crippen LogP contribution is 2.24. The molecule has 1 atom stereocenters. The molecule has 5 heteroatoms. The fourth-order valence-corrected chi connectivity index (χ4v) is 0.661. The number of hydrogen-bond acceptors (Lipinski definition) is 3. The van der Waals surface area contributed by atoms with Gasteiger partial charge in [0.15, 0.2) is 0 Å². The maximum atomic E-state index is 12.5. The van der Waals surface area contributed by atoms with Gasteiger partial charge in [0.05, 0.1) is 5.97 Å². The molecule has 0 aromatic rings. The van der Waals surface area contributed by atoms with Crippen LogP contribution in [-0.2, 0) is 4.79 Å². The van der Waals surface area contributed by atoms with Crippen molar-refractivity contribution in [2.75, 3.05) is 0 Å². The summed E-state index contributed by atoms with van der Waals surface area (Å²) in [6.07, 6.45) is -1.05. The predicted octanol–water partition coefficient (Wildman–Crippen LogP) is -0.111. The number of alkyl halides is 2. The van der Waals surface area contributed by atoms with E-state index in [9.17, 15) is 18.7 Å². The minimum Gasteiger partial charge on any atom is -0.548 e. The Labute approximate surface area is 69.6 Å². The Morgan fingerprint density at radius 2 is 2.17 bits per heavy atom. The largest absolute Gasteiger partial charge is 0.548 e. The molecule has 0 amide bonds. The number of halogens is 2. The number of carboxylic acid groups (broad SMARTS) is 1. The van der Waals surface area contributed by atoms with Crippen molar-refractivity contribution in [1.82, 2.24) is 0 Å². The molecular weight excluding hydrogens is 168 g/mol. The molecule has 2 N–H and O–H groups in total. The van der Waals surface area contributed by atoms with Crippen LogP contribution in [-0.4, -0.2) is 17.9 Å². The molecule has 0 saturated heterocycles. The van der Waals surface area contributed by atoms with Gasteiger partial charge in [0, 0.05) is 18.9 Å². The van der Waals surface area contributed by atoms with Crippen LogP contribution in [0.3, 0.4) is 0 Å². The van der Waals surface area contributed by atoms with Crippen LogP contribution in [0, 0.1) is 0 Å². The molecule has 0 aliphatic rings. The second-order valence-electron chi connectivity index (χ2n) is 2.67. The first-order valence-corrected chi connectivity index (χ1v) is 3.73. The predicted molar refractivity (Wildman–Crippen MR) is 37.5 cm³/mol. The lowest BCUT2D eigenvalue weighted by molar-refractivity contribution is -0.307. The lowest BCUT2D eigenvalue weighted by atomic mass is 10.1. The summed E-state index contributed by atoms with van der Waals surface area (Å²) in [5.74, 6) is -4.30. The van der Waals surface area contributed by atoms with E-state index >= 15 is 0 Å². The average molecular weight is 180 g/mol. The first-order chi connectivity index (χ1) is 5.39. The van der Waals surface area contributed by atoms with Crippen molar-refractivity contribution in [2.24, 2.45) is 5.73 Å². The van der Waals surface area contributed by atoms with Gasteiger partial charge in [0.2, 0.25) is 5.92 Å². The summed E-state index contributed by atoms with van der Waals surface area (Å²) < 4.78 is 25.0. The molecule has 72 valence electrons. The van der Waals surface area contributed by atoms with Crippen molar-refractivity contribution in [3.8, 4) is 0 Å². The Bertz CT molecular complexity index is 161. The number of carbonyl (C=O) groups excluding carboxylic acids is 1. The third-order valence-corrected chi connectivity index (χ3v) is 1.64. The van der Waals surface area contributed by atoms with Crippen LogP contribution >= 0.6 is 0 Å². The van der Waals surface area contributed by atoms with E-state index in [2.05, 4.69) is 0 Å². The SMILES string of the molecule is CCC(F)(F)CC[C@H](N)C(=O)[O-]. The van der Waals surface area contributed by atoms with E-state index in [1.807, 2.05) is 0 Å². The van der Waals surface area contributed by atoms with Gasteiger partial charge in [0.25, 0.3) is 0 Å². The fraction of sp³-hybridized carbons (Fsp3) is 0.857.